The van der Waals surface area contributed by atoms with Gasteiger partial charge in [-0.2, -0.15) is 0 Å². The topological polar surface area (TPSA) is 3.24 Å². The SMILES string of the molecule is CC1(C)c2ccccc2-c2ccc(N(c3ccc4ccccc4c3)c3ccccc3-c3cccc(-c4ccccc4)c3-c3ccccc3-c3ccccc3)cc21. The van der Waals surface area contributed by atoms with E-state index >= 15 is 0 Å². The van der Waals surface area contributed by atoms with Crippen LogP contribution in [-0.4, -0.2) is 0 Å². The van der Waals surface area contributed by atoms with E-state index in [2.05, 4.69) is 231 Å². The van der Waals surface area contributed by atoms with Gasteiger partial charge >= 0.3 is 0 Å². The molecular weight excluding hydrogens is 675 g/mol. The zero-order chi connectivity index (χ0) is 37.6. The second-order valence-electron chi connectivity index (χ2n) is 15.3. The molecule has 0 amide bonds. The average molecular weight is 716 g/mol. The van der Waals surface area contributed by atoms with E-state index < -0.39 is 0 Å². The van der Waals surface area contributed by atoms with Gasteiger partial charge in [0.05, 0.1) is 5.69 Å². The van der Waals surface area contributed by atoms with Crippen molar-refractivity contribution in [2.24, 2.45) is 0 Å². The van der Waals surface area contributed by atoms with Crippen LogP contribution in [0.1, 0.15) is 25.0 Å². The van der Waals surface area contributed by atoms with Crippen LogP contribution in [0.2, 0.25) is 0 Å². The van der Waals surface area contributed by atoms with Crippen LogP contribution in [0.3, 0.4) is 0 Å². The average Bonchev–Trinajstić information content (AvgIpc) is 3.49. The van der Waals surface area contributed by atoms with Crippen molar-refractivity contribution in [1.82, 2.24) is 0 Å². The third-order valence-corrected chi connectivity index (χ3v) is 11.7. The van der Waals surface area contributed by atoms with Gasteiger partial charge in [-0.15, -0.1) is 0 Å². The molecule has 9 aromatic carbocycles. The Kier molecular flexibility index (Phi) is 8.23. The monoisotopic (exact) mass is 715 g/mol. The molecule has 9 aromatic rings. The maximum absolute atomic E-state index is 2.48. The number of hydrogen-bond donors (Lipinski definition) is 0. The molecule has 1 nitrogen and oxygen atoms in total. The molecule has 0 bridgehead atoms. The van der Waals surface area contributed by atoms with Crippen LogP contribution in [0.5, 0.6) is 0 Å². The highest BCUT2D eigenvalue weighted by Gasteiger charge is 2.36. The molecule has 0 fully saturated rings. The maximum atomic E-state index is 2.48. The summed E-state index contributed by atoms with van der Waals surface area (Å²) in [6.07, 6.45) is 0. The minimum absolute atomic E-state index is 0.130. The van der Waals surface area contributed by atoms with Crippen molar-refractivity contribution in [3.8, 4) is 55.6 Å². The van der Waals surface area contributed by atoms with Gasteiger partial charge < -0.3 is 4.90 Å². The van der Waals surface area contributed by atoms with Crippen LogP contribution in [0, 0.1) is 0 Å². The Bertz CT molecular complexity index is 2880. The molecule has 0 heterocycles. The van der Waals surface area contributed by atoms with Gasteiger partial charge in [0.25, 0.3) is 0 Å². The van der Waals surface area contributed by atoms with Gasteiger partial charge in [-0.25, -0.2) is 0 Å². The molecule has 0 aromatic heterocycles. The lowest BCUT2D eigenvalue weighted by atomic mass is 9.82. The predicted octanol–water partition coefficient (Wildman–Crippen LogP) is 15.3. The standard InChI is InChI=1S/C55H41N/c1-55(2)51-30-15-13-25-46(51)47-35-34-43(37-52(47)55)56(42-33-32-38-18-9-10-23-41(38)36-42)53-31-16-14-26-48(53)50-29-17-28-45(40-21-7-4-8-22-40)54(50)49-27-12-11-24-44(49)39-19-5-3-6-20-39/h3-37H,1-2H3. The van der Waals surface area contributed by atoms with E-state index in [4.69, 9.17) is 0 Å². The summed E-state index contributed by atoms with van der Waals surface area (Å²) >= 11 is 0. The molecule has 0 aliphatic heterocycles. The van der Waals surface area contributed by atoms with E-state index in [1.807, 2.05) is 0 Å². The van der Waals surface area contributed by atoms with Crippen LogP contribution in [0.15, 0.2) is 212 Å². The number of benzene rings is 9. The summed E-state index contributed by atoms with van der Waals surface area (Å²) in [5, 5.41) is 2.44. The molecule has 1 aliphatic carbocycles. The number of hydrogen-bond acceptors (Lipinski definition) is 1. The van der Waals surface area contributed by atoms with Crippen LogP contribution in [0.4, 0.5) is 17.1 Å². The first-order valence-corrected chi connectivity index (χ1v) is 19.5. The normalized spacial score (nSPS) is 12.6. The Balaban J connectivity index is 1.24. The van der Waals surface area contributed by atoms with Crippen molar-refractivity contribution < 1.29 is 0 Å². The molecular formula is C55H41N. The largest absolute Gasteiger partial charge is 0.310 e. The van der Waals surface area contributed by atoms with Crippen molar-refractivity contribution in [2.45, 2.75) is 19.3 Å². The zero-order valence-electron chi connectivity index (χ0n) is 31.7. The Morgan fingerprint density at radius 3 is 1.61 bits per heavy atom. The molecule has 0 atom stereocenters. The maximum Gasteiger partial charge on any atom is 0.0540 e. The van der Waals surface area contributed by atoms with Gasteiger partial charge in [-0.3, -0.25) is 0 Å². The first-order valence-electron chi connectivity index (χ1n) is 19.5. The fraction of sp³-hybridized carbons (Fsp3) is 0.0545. The molecule has 0 spiro atoms. The predicted molar refractivity (Wildman–Crippen MR) is 238 cm³/mol. The van der Waals surface area contributed by atoms with Gasteiger partial charge in [-0.05, 0) is 102 Å². The number of fused-ring (bicyclic) bond motifs is 4. The van der Waals surface area contributed by atoms with Gasteiger partial charge in [0.15, 0.2) is 0 Å². The second-order valence-corrected chi connectivity index (χ2v) is 15.3. The third-order valence-electron chi connectivity index (χ3n) is 11.7. The molecule has 1 heteroatoms. The van der Waals surface area contributed by atoms with Gasteiger partial charge in [0, 0.05) is 22.4 Å². The number of nitrogens with zero attached hydrogens (tertiary/aromatic N) is 1. The summed E-state index contributed by atoms with van der Waals surface area (Å²) in [6.45, 7) is 4.72. The van der Waals surface area contributed by atoms with Gasteiger partial charge in [0.1, 0.15) is 0 Å². The summed E-state index contributed by atoms with van der Waals surface area (Å²) in [6, 6.07) is 77.7. The Morgan fingerprint density at radius 2 is 0.839 bits per heavy atom. The molecule has 10 rings (SSSR count). The lowest BCUT2D eigenvalue weighted by Crippen LogP contribution is -2.17. The lowest BCUT2D eigenvalue weighted by molar-refractivity contribution is 0.660. The van der Waals surface area contributed by atoms with Crippen LogP contribution < -0.4 is 4.90 Å². The highest BCUT2D eigenvalue weighted by molar-refractivity contribution is 6.03. The van der Waals surface area contributed by atoms with E-state index in [1.54, 1.807) is 0 Å². The molecule has 266 valence electrons. The van der Waals surface area contributed by atoms with Crippen molar-refractivity contribution in [1.29, 1.82) is 0 Å². The van der Waals surface area contributed by atoms with E-state index in [0.717, 1.165) is 17.1 Å². The number of rotatable bonds is 7. The first-order chi connectivity index (χ1) is 27.6. The molecule has 1 aliphatic rings. The fourth-order valence-electron chi connectivity index (χ4n) is 8.97. The quantitative estimate of drug-likeness (QED) is 0.159. The van der Waals surface area contributed by atoms with Crippen molar-refractivity contribution >= 4 is 27.8 Å². The fourth-order valence-corrected chi connectivity index (χ4v) is 8.97. The Hall–Kier alpha value is -6.96. The van der Waals surface area contributed by atoms with Crippen LogP contribution in [0.25, 0.3) is 66.4 Å². The van der Waals surface area contributed by atoms with Gasteiger partial charge in [-0.1, -0.05) is 196 Å². The molecule has 0 N–H and O–H groups in total. The van der Waals surface area contributed by atoms with Crippen molar-refractivity contribution in [3.05, 3.63) is 223 Å². The summed E-state index contributed by atoms with van der Waals surface area (Å²) < 4.78 is 0. The highest BCUT2D eigenvalue weighted by Crippen LogP contribution is 2.52. The molecule has 56 heavy (non-hydrogen) atoms. The zero-order valence-corrected chi connectivity index (χ0v) is 31.7. The summed E-state index contributed by atoms with van der Waals surface area (Å²) in [7, 11) is 0. The Morgan fingerprint density at radius 1 is 0.321 bits per heavy atom. The molecule has 0 radical (unpaired) electrons. The smallest absolute Gasteiger partial charge is 0.0540 e. The first kappa shape index (κ1) is 33.6. The highest BCUT2D eigenvalue weighted by atomic mass is 15.1. The summed E-state index contributed by atoms with van der Waals surface area (Å²) in [5.41, 5.74) is 18.2. The second kappa shape index (κ2) is 13.7. The minimum atomic E-state index is -0.130. The number of para-hydroxylation sites is 1. The minimum Gasteiger partial charge on any atom is -0.310 e. The molecule has 0 saturated carbocycles. The summed E-state index contributed by atoms with van der Waals surface area (Å²) in [4.78, 5) is 2.48. The van der Waals surface area contributed by atoms with Crippen molar-refractivity contribution in [3.63, 3.8) is 0 Å². The number of anilines is 3. The van der Waals surface area contributed by atoms with Crippen LogP contribution >= 0.6 is 0 Å². The third kappa shape index (κ3) is 5.63. The van der Waals surface area contributed by atoms with Gasteiger partial charge in [0.2, 0.25) is 0 Å². The molecule has 0 unspecified atom stereocenters. The van der Waals surface area contributed by atoms with E-state index in [9.17, 15) is 0 Å². The molecule has 0 saturated heterocycles. The van der Waals surface area contributed by atoms with E-state index in [0.29, 0.717) is 0 Å². The summed E-state index contributed by atoms with van der Waals surface area (Å²) in [5.74, 6) is 0. The van der Waals surface area contributed by atoms with E-state index in [-0.39, 0.29) is 5.41 Å². The Labute approximate surface area is 329 Å². The van der Waals surface area contributed by atoms with Crippen LogP contribution in [-0.2, 0) is 5.41 Å². The van der Waals surface area contributed by atoms with Crippen molar-refractivity contribution in [2.75, 3.05) is 4.90 Å². The van der Waals surface area contributed by atoms with E-state index in [1.165, 1.54) is 77.5 Å². The lowest BCUT2D eigenvalue weighted by Gasteiger charge is -2.30.